The quantitative estimate of drug-likeness (QED) is 0.451. The van der Waals surface area contributed by atoms with Crippen molar-refractivity contribution in [3.63, 3.8) is 0 Å². The van der Waals surface area contributed by atoms with Crippen molar-refractivity contribution in [1.29, 1.82) is 5.41 Å². The minimum Gasteiger partial charge on any atom is -0.388 e. The van der Waals surface area contributed by atoms with Crippen LogP contribution in [-0.4, -0.2) is 18.6 Å². The van der Waals surface area contributed by atoms with Crippen molar-refractivity contribution in [2.24, 2.45) is 28.5 Å². The van der Waals surface area contributed by atoms with Gasteiger partial charge in [-0.25, -0.2) is 0 Å². The zero-order valence-electron chi connectivity index (χ0n) is 6.46. The van der Waals surface area contributed by atoms with E-state index < -0.39 is 0 Å². The fourth-order valence-electron chi connectivity index (χ4n) is 1.99. The zero-order chi connectivity index (χ0) is 7.84. The molecule has 0 aromatic rings. The third-order valence-corrected chi connectivity index (χ3v) is 2.74. The highest BCUT2D eigenvalue weighted by molar-refractivity contribution is 5.77. The van der Waals surface area contributed by atoms with Crippen LogP contribution in [0.15, 0.2) is 4.99 Å². The third-order valence-electron chi connectivity index (χ3n) is 2.74. The van der Waals surface area contributed by atoms with E-state index in [0.29, 0.717) is 5.84 Å². The van der Waals surface area contributed by atoms with Crippen molar-refractivity contribution in [2.75, 3.05) is 6.54 Å². The van der Waals surface area contributed by atoms with Crippen molar-refractivity contribution >= 4 is 12.1 Å². The Bertz CT molecular complexity index is 209. The molecule has 2 aliphatic rings. The van der Waals surface area contributed by atoms with Gasteiger partial charge in [-0.2, -0.15) is 0 Å². The van der Waals surface area contributed by atoms with Gasteiger partial charge >= 0.3 is 0 Å². The smallest absolute Gasteiger partial charge is 0.0905 e. The largest absolute Gasteiger partial charge is 0.388 e. The van der Waals surface area contributed by atoms with E-state index in [1.807, 2.05) is 0 Å². The van der Waals surface area contributed by atoms with Gasteiger partial charge in [0.2, 0.25) is 0 Å². The molecule has 3 atom stereocenters. The Morgan fingerprint density at radius 2 is 2.55 bits per heavy atom. The molecule has 1 aliphatic carbocycles. The van der Waals surface area contributed by atoms with Crippen LogP contribution < -0.4 is 5.73 Å². The predicted molar refractivity (Wildman–Crippen MR) is 45.0 cm³/mol. The highest BCUT2D eigenvalue weighted by Gasteiger charge is 2.50. The van der Waals surface area contributed by atoms with Crippen molar-refractivity contribution in [1.82, 2.24) is 0 Å². The fraction of sp³-hybridized carbons (Fsp3) is 0.750. The van der Waals surface area contributed by atoms with Crippen LogP contribution in [0, 0.1) is 23.2 Å². The molecule has 1 fully saturated rings. The van der Waals surface area contributed by atoms with Crippen LogP contribution >= 0.6 is 0 Å². The number of aliphatic imine (C=N–C) groups is 1. The summed E-state index contributed by atoms with van der Waals surface area (Å²) in [7, 11) is 0. The van der Waals surface area contributed by atoms with E-state index in [1.165, 1.54) is 0 Å². The highest BCUT2D eigenvalue weighted by Crippen LogP contribution is 2.50. The lowest BCUT2D eigenvalue weighted by atomic mass is 10.1. The molecule has 3 heteroatoms. The van der Waals surface area contributed by atoms with Crippen LogP contribution in [0.25, 0.3) is 0 Å². The number of hydrogen-bond acceptors (Lipinski definition) is 2. The summed E-state index contributed by atoms with van der Waals surface area (Å²) in [5.41, 5.74) is 5.27. The van der Waals surface area contributed by atoms with Crippen LogP contribution in [0.4, 0.5) is 0 Å². The summed E-state index contributed by atoms with van der Waals surface area (Å²) in [6.45, 7) is 1.02. The molecule has 0 aromatic heterocycles. The molecule has 11 heavy (non-hydrogen) atoms. The van der Waals surface area contributed by atoms with Gasteiger partial charge in [-0.3, -0.25) is 10.4 Å². The van der Waals surface area contributed by atoms with E-state index >= 15 is 0 Å². The first-order valence-corrected chi connectivity index (χ1v) is 4.12. The Morgan fingerprint density at radius 3 is 3.09 bits per heavy atom. The van der Waals surface area contributed by atoms with Crippen LogP contribution in [0.1, 0.15) is 12.8 Å². The van der Waals surface area contributed by atoms with E-state index in [1.54, 1.807) is 0 Å². The summed E-state index contributed by atoms with van der Waals surface area (Å²) < 4.78 is 0. The number of rotatable bonds is 3. The molecular weight excluding hydrogens is 138 g/mol. The molecule has 0 spiro atoms. The normalized spacial score (nSPS) is 38.7. The zero-order valence-corrected chi connectivity index (χ0v) is 6.46. The molecule has 2 rings (SSSR count). The molecule has 60 valence electrons. The lowest BCUT2D eigenvalue weighted by molar-refractivity contribution is 0.659. The maximum absolute atomic E-state index is 7.07. The van der Waals surface area contributed by atoms with Crippen molar-refractivity contribution in [3.8, 4) is 0 Å². The second-order valence-electron chi connectivity index (χ2n) is 3.48. The molecule has 1 saturated carbocycles. The van der Waals surface area contributed by atoms with Crippen molar-refractivity contribution < 1.29 is 0 Å². The van der Waals surface area contributed by atoms with E-state index in [4.69, 9.17) is 11.1 Å². The molecule has 3 nitrogen and oxygen atoms in total. The van der Waals surface area contributed by atoms with E-state index in [0.717, 1.165) is 37.1 Å². The van der Waals surface area contributed by atoms with Crippen molar-refractivity contribution in [2.45, 2.75) is 12.8 Å². The molecule has 0 saturated heterocycles. The minimum absolute atomic E-state index is 0.326. The Labute approximate surface area is 66.2 Å². The molecule has 1 aliphatic heterocycles. The summed E-state index contributed by atoms with van der Waals surface area (Å²) in [4.78, 5) is 4.18. The molecule has 0 unspecified atom stereocenters. The molecule has 3 N–H and O–H groups in total. The average molecular weight is 151 g/mol. The fourth-order valence-corrected chi connectivity index (χ4v) is 1.99. The van der Waals surface area contributed by atoms with Crippen LogP contribution in [0.3, 0.4) is 0 Å². The Morgan fingerprint density at radius 1 is 1.73 bits per heavy atom. The summed E-state index contributed by atoms with van der Waals surface area (Å²) >= 11 is 0. The van der Waals surface area contributed by atoms with Gasteiger partial charge in [-0.05, 0) is 18.3 Å². The summed E-state index contributed by atoms with van der Waals surface area (Å²) in [5, 5.41) is 7.07. The summed E-state index contributed by atoms with van der Waals surface area (Å²) in [6, 6.07) is 0. The minimum atomic E-state index is 0.326. The predicted octanol–water partition coefficient (Wildman–Crippen LogP) is 0.649. The Hall–Kier alpha value is -0.860. The first kappa shape index (κ1) is 6.83. The standard InChI is InChI=1S/C8H13N3/c9-8(10)2-1-5-6-3-11-4-7(5)6/h3,5-7H,1-2,4H2,(H3,9,10)/t5-,6-,7+/m0/s1. The van der Waals surface area contributed by atoms with E-state index in [2.05, 4.69) is 11.2 Å². The van der Waals surface area contributed by atoms with Crippen LogP contribution in [0.2, 0.25) is 0 Å². The van der Waals surface area contributed by atoms with Crippen molar-refractivity contribution in [3.05, 3.63) is 0 Å². The molecule has 0 radical (unpaired) electrons. The number of amidine groups is 1. The van der Waals surface area contributed by atoms with Gasteiger partial charge in [0.25, 0.3) is 0 Å². The molecule has 0 aromatic carbocycles. The van der Waals surface area contributed by atoms with Gasteiger partial charge in [0, 0.05) is 25.1 Å². The molecule has 0 bridgehead atoms. The molecular formula is C8H13N3. The number of nitrogens with two attached hydrogens (primary N) is 1. The first-order valence-electron chi connectivity index (χ1n) is 4.12. The monoisotopic (exact) mass is 151 g/mol. The van der Waals surface area contributed by atoms with Gasteiger partial charge in [0.15, 0.2) is 0 Å². The topological polar surface area (TPSA) is 62.2 Å². The average Bonchev–Trinajstić information content (AvgIpc) is 2.44. The van der Waals surface area contributed by atoms with E-state index in [-0.39, 0.29) is 0 Å². The molecule has 1 heterocycles. The second kappa shape index (κ2) is 2.32. The number of hydrogen-bond donors (Lipinski definition) is 2. The number of nitrogens with one attached hydrogen (secondary N) is 1. The van der Waals surface area contributed by atoms with Gasteiger partial charge in [-0.1, -0.05) is 0 Å². The molecule has 0 amide bonds. The summed E-state index contributed by atoms with van der Waals surface area (Å²) in [5.74, 6) is 2.69. The lowest BCUT2D eigenvalue weighted by Gasteiger charge is -1.97. The van der Waals surface area contributed by atoms with Gasteiger partial charge in [0.05, 0.1) is 5.84 Å². The van der Waals surface area contributed by atoms with Gasteiger partial charge < -0.3 is 5.73 Å². The number of fused-ring (bicyclic) bond motifs is 1. The maximum Gasteiger partial charge on any atom is 0.0905 e. The third kappa shape index (κ3) is 1.15. The van der Waals surface area contributed by atoms with Crippen LogP contribution in [0.5, 0.6) is 0 Å². The van der Waals surface area contributed by atoms with E-state index in [9.17, 15) is 0 Å². The van der Waals surface area contributed by atoms with Crippen LogP contribution in [-0.2, 0) is 0 Å². The SMILES string of the molecule is N=C(N)CC[C@H]1[C@@H]2C=NC[C@@H]21. The van der Waals surface area contributed by atoms with Gasteiger partial charge in [-0.15, -0.1) is 0 Å². The van der Waals surface area contributed by atoms with Gasteiger partial charge in [0.1, 0.15) is 0 Å². The Kier molecular flexibility index (Phi) is 1.44. The second-order valence-corrected chi connectivity index (χ2v) is 3.48. The maximum atomic E-state index is 7.07. The lowest BCUT2D eigenvalue weighted by Crippen LogP contribution is -2.09. The Balaban J connectivity index is 1.75. The first-order chi connectivity index (χ1) is 5.29. The number of nitrogens with zero attached hydrogens (tertiary/aromatic N) is 1. The highest BCUT2D eigenvalue weighted by atomic mass is 14.8. The summed E-state index contributed by atoms with van der Waals surface area (Å²) in [6.07, 6.45) is 3.94.